The minimum absolute atomic E-state index is 0.305. The maximum absolute atomic E-state index is 11.8. The number of nitro groups is 1. The average molecular weight is 364 g/mol. The molecule has 0 spiro atoms. The van der Waals surface area contributed by atoms with E-state index in [1.165, 1.54) is 24.7 Å². The zero-order chi connectivity index (χ0) is 16.1. The fourth-order valence-electron chi connectivity index (χ4n) is 1.53. The lowest BCUT2D eigenvalue weighted by Gasteiger charge is -2.06. The lowest BCUT2D eigenvalue weighted by Crippen LogP contribution is -2.17. The molecule has 0 aliphatic rings. The molecule has 9 heteroatoms. The highest BCUT2D eigenvalue weighted by atomic mass is 79.9. The van der Waals surface area contributed by atoms with Crippen LogP contribution >= 0.6 is 15.9 Å². The van der Waals surface area contributed by atoms with Gasteiger partial charge in [0, 0.05) is 22.9 Å². The number of halogens is 1. The number of pyridine rings is 1. The largest absolute Gasteiger partial charge is 0.868 e. The van der Waals surface area contributed by atoms with Gasteiger partial charge in [-0.05, 0) is 39.4 Å². The number of hydrogen-bond acceptors (Lipinski definition) is 6. The van der Waals surface area contributed by atoms with Crippen LogP contribution in [0.25, 0.3) is 0 Å². The number of nitrogens with zero attached hydrogens (tertiary/aromatic N) is 3. The van der Waals surface area contributed by atoms with Crippen molar-refractivity contribution in [2.24, 2.45) is 5.10 Å². The molecule has 0 bridgehead atoms. The number of carbonyl (C=O) groups is 1. The van der Waals surface area contributed by atoms with Gasteiger partial charge >= 0.3 is 0 Å². The monoisotopic (exact) mass is 363 g/mol. The smallest absolute Gasteiger partial charge is 0.272 e. The molecule has 22 heavy (non-hydrogen) atoms. The Labute approximate surface area is 132 Å². The highest BCUT2D eigenvalue weighted by Gasteiger charge is 2.07. The van der Waals surface area contributed by atoms with Crippen molar-refractivity contribution in [3.63, 3.8) is 0 Å². The number of carbonyl (C=O) groups excluding carboxylic acids is 1. The summed E-state index contributed by atoms with van der Waals surface area (Å²) in [5.41, 5.74) is 2.39. The molecule has 0 radical (unpaired) electrons. The van der Waals surface area contributed by atoms with Crippen LogP contribution < -0.4 is 10.5 Å². The molecule has 0 aliphatic carbocycles. The molecule has 1 amide bonds. The van der Waals surface area contributed by atoms with Gasteiger partial charge < -0.3 is 5.11 Å². The van der Waals surface area contributed by atoms with E-state index in [2.05, 4.69) is 31.4 Å². The van der Waals surface area contributed by atoms with Gasteiger partial charge in [0.2, 0.25) is 0 Å². The maximum atomic E-state index is 11.8. The second-order valence-corrected chi connectivity index (χ2v) is 4.99. The average Bonchev–Trinajstić information content (AvgIpc) is 2.46. The van der Waals surface area contributed by atoms with Gasteiger partial charge in [0.05, 0.1) is 16.7 Å². The third-order valence-corrected chi connectivity index (χ3v) is 2.96. The minimum atomic E-state index is -0.759. The topological polar surface area (TPSA) is 121 Å². The molecule has 0 saturated carbocycles. The molecule has 2 aromatic rings. The lowest BCUT2D eigenvalue weighted by molar-refractivity contribution is -0.398. The van der Waals surface area contributed by atoms with Gasteiger partial charge in [-0.1, -0.05) is 6.07 Å². The first-order valence-electron chi connectivity index (χ1n) is 5.87. The van der Waals surface area contributed by atoms with Crippen LogP contribution in [0, 0.1) is 10.1 Å². The zero-order valence-corrected chi connectivity index (χ0v) is 12.5. The normalized spacial score (nSPS) is 10.6. The Balaban J connectivity index is 2.05. The van der Waals surface area contributed by atoms with Crippen molar-refractivity contribution in [2.45, 2.75) is 0 Å². The van der Waals surface area contributed by atoms with Crippen LogP contribution in [0.1, 0.15) is 15.9 Å². The first-order valence-corrected chi connectivity index (χ1v) is 6.66. The van der Waals surface area contributed by atoms with Crippen molar-refractivity contribution >= 4 is 33.7 Å². The Kier molecular flexibility index (Phi) is 4.79. The minimum Gasteiger partial charge on any atom is -0.868 e. The molecule has 0 saturated heterocycles. The van der Waals surface area contributed by atoms with Crippen molar-refractivity contribution in [1.82, 2.24) is 10.4 Å². The molecule has 0 aliphatic heterocycles. The van der Waals surface area contributed by atoms with Crippen molar-refractivity contribution in [3.05, 3.63) is 62.4 Å². The van der Waals surface area contributed by atoms with Crippen molar-refractivity contribution in [1.29, 1.82) is 0 Å². The first-order chi connectivity index (χ1) is 10.5. The second kappa shape index (κ2) is 6.76. The quantitative estimate of drug-likeness (QED) is 0.502. The van der Waals surface area contributed by atoms with Gasteiger partial charge in [0.1, 0.15) is 0 Å². The van der Waals surface area contributed by atoms with Gasteiger partial charge in [0.15, 0.2) is 0 Å². The van der Waals surface area contributed by atoms with E-state index in [4.69, 9.17) is 0 Å². The van der Waals surface area contributed by atoms with Crippen LogP contribution in [0.4, 0.5) is 5.69 Å². The summed E-state index contributed by atoms with van der Waals surface area (Å²) in [6, 6.07) is 5.08. The van der Waals surface area contributed by atoms with Gasteiger partial charge in [-0.2, -0.15) is 5.10 Å². The van der Waals surface area contributed by atoms with Gasteiger partial charge in [-0.25, -0.2) is 5.43 Å². The van der Waals surface area contributed by atoms with E-state index in [9.17, 15) is 20.0 Å². The summed E-state index contributed by atoms with van der Waals surface area (Å²) in [7, 11) is 0. The standard InChI is InChI=1S/C13H9BrN4O4/c14-10-4-9(6-15-7-10)13(20)17-16-5-8-1-2-11(18(21)22)12(19)3-8/h1-7,19H,(H,17,20)/p-1/b16-5-. The number of nitro benzene ring substituents is 1. The fraction of sp³-hybridized carbons (Fsp3) is 0. The molecule has 1 N–H and O–H groups in total. The maximum Gasteiger partial charge on any atom is 0.272 e. The fourth-order valence-corrected chi connectivity index (χ4v) is 1.89. The molecule has 1 heterocycles. The number of amides is 1. The summed E-state index contributed by atoms with van der Waals surface area (Å²) in [5.74, 6) is -1.20. The summed E-state index contributed by atoms with van der Waals surface area (Å²) >= 11 is 3.19. The van der Waals surface area contributed by atoms with Gasteiger partial charge in [-0.3, -0.25) is 19.9 Å². The molecule has 112 valence electrons. The van der Waals surface area contributed by atoms with E-state index in [0.29, 0.717) is 15.6 Å². The van der Waals surface area contributed by atoms with Crippen LogP contribution in [0.3, 0.4) is 0 Å². The van der Waals surface area contributed by atoms with Crippen molar-refractivity contribution in [2.75, 3.05) is 0 Å². The summed E-state index contributed by atoms with van der Waals surface area (Å²) in [4.78, 5) is 25.4. The van der Waals surface area contributed by atoms with E-state index >= 15 is 0 Å². The number of hydrazone groups is 1. The van der Waals surface area contributed by atoms with Gasteiger partial charge in [0.25, 0.3) is 11.6 Å². The molecule has 0 atom stereocenters. The van der Waals surface area contributed by atoms with Crippen LogP contribution in [0.15, 0.2) is 46.2 Å². The van der Waals surface area contributed by atoms with E-state index in [1.54, 1.807) is 6.07 Å². The summed E-state index contributed by atoms with van der Waals surface area (Å²) in [5, 5.41) is 25.6. The second-order valence-electron chi connectivity index (χ2n) is 4.08. The lowest BCUT2D eigenvalue weighted by atomic mass is 10.2. The van der Waals surface area contributed by atoms with E-state index in [-0.39, 0.29) is 0 Å². The SMILES string of the molecule is O=C(N/N=C\c1ccc([N+](=O)[O-])c([O-])c1)c1cncc(Br)c1. The molecule has 8 nitrogen and oxygen atoms in total. The van der Waals surface area contributed by atoms with Crippen LogP contribution in [0.2, 0.25) is 0 Å². The highest BCUT2D eigenvalue weighted by Crippen LogP contribution is 2.22. The predicted molar refractivity (Wildman–Crippen MR) is 79.5 cm³/mol. The van der Waals surface area contributed by atoms with Crippen LogP contribution in [-0.2, 0) is 0 Å². The number of hydrogen-bond donors (Lipinski definition) is 1. The molecular formula is C13H8BrN4O4-. The van der Waals surface area contributed by atoms with Crippen molar-refractivity contribution < 1.29 is 14.8 Å². The Morgan fingerprint density at radius 3 is 2.77 bits per heavy atom. The number of benzene rings is 1. The molecular weight excluding hydrogens is 356 g/mol. The number of aromatic nitrogens is 1. The Hall–Kier alpha value is -2.81. The zero-order valence-electron chi connectivity index (χ0n) is 10.9. The third-order valence-electron chi connectivity index (χ3n) is 2.53. The van der Waals surface area contributed by atoms with Crippen LogP contribution in [0.5, 0.6) is 5.75 Å². The Bertz CT molecular complexity index is 763. The van der Waals surface area contributed by atoms with Gasteiger partial charge in [-0.15, -0.1) is 0 Å². The highest BCUT2D eigenvalue weighted by molar-refractivity contribution is 9.10. The Morgan fingerprint density at radius 1 is 1.36 bits per heavy atom. The van der Waals surface area contributed by atoms with Crippen molar-refractivity contribution in [3.8, 4) is 5.75 Å². The molecule has 0 fully saturated rings. The summed E-state index contributed by atoms with van der Waals surface area (Å²) < 4.78 is 0.649. The Morgan fingerprint density at radius 2 is 2.14 bits per heavy atom. The molecule has 1 aromatic carbocycles. The first kappa shape index (κ1) is 15.6. The molecule has 2 rings (SSSR count). The summed E-state index contributed by atoms with van der Waals surface area (Å²) in [6.07, 6.45) is 4.12. The van der Waals surface area contributed by atoms with Crippen LogP contribution in [-0.4, -0.2) is 22.0 Å². The van der Waals surface area contributed by atoms with E-state index in [0.717, 1.165) is 12.1 Å². The summed E-state index contributed by atoms with van der Waals surface area (Å²) in [6.45, 7) is 0. The van der Waals surface area contributed by atoms with E-state index < -0.39 is 22.3 Å². The molecule has 1 aromatic heterocycles. The number of rotatable bonds is 4. The molecule has 0 unspecified atom stereocenters. The number of nitrogens with one attached hydrogen (secondary N) is 1. The third kappa shape index (κ3) is 3.85. The van der Waals surface area contributed by atoms with E-state index in [1.807, 2.05) is 0 Å². The predicted octanol–water partition coefficient (Wildman–Crippen LogP) is 1.59.